The Balaban J connectivity index is 1.95. The second-order valence-corrected chi connectivity index (χ2v) is 5.93. The minimum Gasteiger partial charge on any atom is -0.508 e. The first-order valence-corrected chi connectivity index (χ1v) is 7.25. The lowest BCUT2D eigenvalue weighted by molar-refractivity contribution is 0.167. The minimum absolute atomic E-state index is 0.104. The third-order valence-electron chi connectivity index (χ3n) is 3.84. The molecule has 0 amide bonds. The number of benzene rings is 1. The van der Waals surface area contributed by atoms with E-state index in [1.165, 1.54) is 6.07 Å². The van der Waals surface area contributed by atoms with E-state index in [1.807, 2.05) is 0 Å². The van der Waals surface area contributed by atoms with Gasteiger partial charge >= 0.3 is 5.63 Å². The van der Waals surface area contributed by atoms with Gasteiger partial charge in [0.15, 0.2) is 0 Å². The van der Waals surface area contributed by atoms with Crippen LogP contribution in [0.2, 0.25) is 0 Å². The molecule has 0 saturated carbocycles. The predicted molar refractivity (Wildman–Crippen MR) is 81.5 cm³/mol. The van der Waals surface area contributed by atoms with Crippen LogP contribution in [0.1, 0.15) is 19.4 Å². The molecule has 2 N–H and O–H groups in total. The van der Waals surface area contributed by atoms with Crippen molar-refractivity contribution in [3.8, 4) is 5.75 Å². The van der Waals surface area contributed by atoms with Gasteiger partial charge < -0.3 is 14.8 Å². The van der Waals surface area contributed by atoms with E-state index in [0.29, 0.717) is 24.2 Å². The van der Waals surface area contributed by atoms with E-state index < -0.39 is 0 Å². The lowest BCUT2D eigenvalue weighted by Crippen LogP contribution is -2.53. The van der Waals surface area contributed by atoms with Crippen molar-refractivity contribution in [2.45, 2.75) is 32.5 Å². The number of hydrogen-bond donors (Lipinski definition) is 2. The third kappa shape index (κ3) is 3.09. The number of rotatable bonds is 2. The molecule has 1 aliphatic rings. The third-order valence-corrected chi connectivity index (χ3v) is 3.84. The number of phenols is 1. The molecule has 2 unspecified atom stereocenters. The zero-order valence-electron chi connectivity index (χ0n) is 12.3. The van der Waals surface area contributed by atoms with E-state index in [0.717, 1.165) is 24.0 Å². The van der Waals surface area contributed by atoms with E-state index >= 15 is 0 Å². The van der Waals surface area contributed by atoms with Crippen molar-refractivity contribution in [1.29, 1.82) is 0 Å². The highest BCUT2D eigenvalue weighted by atomic mass is 16.4. The Kier molecular flexibility index (Phi) is 3.69. The summed E-state index contributed by atoms with van der Waals surface area (Å²) in [6.07, 6.45) is 0. The Morgan fingerprint density at radius 1 is 1.29 bits per heavy atom. The zero-order chi connectivity index (χ0) is 15.0. The Morgan fingerprint density at radius 2 is 2.00 bits per heavy atom. The highest BCUT2D eigenvalue weighted by molar-refractivity contribution is 5.81. The Labute approximate surface area is 123 Å². The zero-order valence-corrected chi connectivity index (χ0v) is 12.3. The van der Waals surface area contributed by atoms with Crippen LogP contribution in [0.15, 0.2) is 33.5 Å². The fourth-order valence-corrected chi connectivity index (χ4v) is 3.16. The molecule has 5 nitrogen and oxygen atoms in total. The largest absolute Gasteiger partial charge is 0.508 e. The molecule has 21 heavy (non-hydrogen) atoms. The van der Waals surface area contributed by atoms with Crippen LogP contribution in [-0.2, 0) is 6.54 Å². The average Bonchev–Trinajstić information content (AvgIpc) is 2.36. The fraction of sp³-hybridized carbons (Fsp3) is 0.438. The Bertz CT molecular complexity index is 700. The second kappa shape index (κ2) is 5.50. The summed E-state index contributed by atoms with van der Waals surface area (Å²) in [5.41, 5.74) is 1.01. The number of nitrogens with zero attached hydrogens (tertiary/aromatic N) is 1. The highest BCUT2D eigenvalue weighted by Crippen LogP contribution is 2.23. The summed E-state index contributed by atoms with van der Waals surface area (Å²) in [5, 5.41) is 13.9. The number of nitrogens with one attached hydrogen (secondary N) is 1. The summed E-state index contributed by atoms with van der Waals surface area (Å²) in [7, 11) is 0. The van der Waals surface area contributed by atoms with Gasteiger partial charge in [-0.25, -0.2) is 4.79 Å². The lowest BCUT2D eigenvalue weighted by atomic mass is 10.1. The van der Waals surface area contributed by atoms with Gasteiger partial charge in [0, 0.05) is 49.2 Å². The van der Waals surface area contributed by atoms with Gasteiger partial charge in [0.25, 0.3) is 0 Å². The summed E-state index contributed by atoms with van der Waals surface area (Å²) >= 11 is 0. The molecule has 0 radical (unpaired) electrons. The van der Waals surface area contributed by atoms with Crippen molar-refractivity contribution in [2.24, 2.45) is 0 Å². The molecule has 2 aromatic rings. The topological polar surface area (TPSA) is 65.7 Å². The van der Waals surface area contributed by atoms with Crippen LogP contribution < -0.4 is 10.9 Å². The molecule has 1 fully saturated rings. The number of fused-ring (bicyclic) bond motifs is 1. The fourth-order valence-electron chi connectivity index (χ4n) is 3.16. The Hall–Kier alpha value is -1.85. The summed E-state index contributed by atoms with van der Waals surface area (Å²) in [4.78, 5) is 14.0. The molecular weight excluding hydrogens is 268 g/mol. The molecule has 1 aliphatic heterocycles. The van der Waals surface area contributed by atoms with E-state index in [-0.39, 0.29) is 11.4 Å². The van der Waals surface area contributed by atoms with Crippen molar-refractivity contribution in [3.63, 3.8) is 0 Å². The Morgan fingerprint density at radius 3 is 2.71 bits per heavy atom. The van der Waals surface area contributed by atoms with Gasteiger partial charge in [-0.2, -0.15) is 0 Å². The molecule has 3 rings (SSSR count). The molecule has 1 aromatic heterocycles. The SMILES string of the molecule is CC1CN(Cc2cc(=O)oc3cc(O)ccc23)CC(C)N1. The van der Waals surface area contributed by atoms with Crippen molar-refractivity contribution < 1.29 is 9.52 Å². The number of aromatic hydroxyl groups is 1. The molecule has 112 valence electrons. The first-order valence-electron chi connectivity index (χ1n) is 7.25. The second-order valence-electron chi connectivity index (χ2n) is 5.93. The van der Waals surface area contributed by atoms with Gasteiger partial charge in [0.05, 0.1) is 0 Å². The quantitative estimate of drug-likeness (QED) is 0.823. The van der Waals surface area contributed by atoms with Crippen LogP contribution in [-0.4, -0.2) is 35.2 Å². The maximum Gasteiger partial charge on any atom is 0.336 e. The maximum absolute atomic E-state index is 11.7. The maximum atomic E-state index is 11.7. The van der Waals surface area contributed by atoms with Crippen LogP contribution in [0, 0.1) is 0 Å². The molecule has 0 aliphatic carbocycles. The molecule has 5 heteroatoms. The van der Waals surface area contributed by atoms with Crippen molar-refractivity contribution in [1.82, 2.24) is 10.2 Å². The lowest BCUT2D eigenvalue weighted by Gasteiger charge is -2.36. The average molecular weight is 288 g/mol. The van der Waals surface area contributed by atoms with Gasteiger partial charge in [0.2, 0.25) is 0 Å². The van der Waals surface area contributed by atoms with Crippen LogP contribution in [0.3, 0.4) is 0 Å². The van der Waals surface area contributed by atoms with E-state index in [1.54, 1.807) is 18.2 Å². The van der Waals surface area contributed by atoms with Gasteiger partial charge in [-0.15, -0.1) is 0 Å². The number of piperazine rings is 1. The van der Waals surface area contributed by atoms with Gasteiger partial charge in [-0.1, -0.05) is 0 Å². The standard InChI is InChI=1S/C16H20N2O3/c1-10-7-18(8-11(2)17-10)9-12-5-16(20)21-15-6-13(19)3-4-14(12)15/h3-6,10-11,17,19H,7-9H2,1-2H3. The van der Waals surface area contributed by atoms with E-state index in [2.05, 4.69) is 24.1 Å². The normalized spacial score (nSPS) is 23.5. The van der Waals surface area contributed by atoms with Crippen LogP contribution >= 0.6 is 0 Å². The van der Waals surface area contributed by atoms with Crippen LogP contribution in [0.5, 0.6) is 5.75 Å². The molecule has 2 heterocycles. The van der Waals surface area contributed by atoms with Gasteiger partial charge in [-0.05, 0) is 31.5 Å². The van der Waals surface area contributed by atoms with Gasteiger partial charge in [0.1, 0.15) is 11.3 Å². The molecule has 0 spiro atoms. The summed E-state index contributed by atoms with van der Waals surface area (Å²) < 4.78 is 5.17. The van der Waals surface area contributed by atoms with Crippen molar-refractivity contribution in [2.75, 3.05) is 13.1 Å². The first-order chi connectivity index (χ1) is 10.0. The summed E-state index contributed by atoms with van der Waals surface area (Å²) in [5.74, 6) is 0.104. The van der Waals surface area contributed by atoms with Crippen LogP contribution in [0.25, 0.3) is 11.0 Å². The molecular formula is C16H20N2O3. The first kappa shape index (κ1) is 14.1. The summed E-state index contributed by atoms with van der Waals surface area (Å²) in [6, 6.07) is 7.33. The summed E-state index contributed by atoms with van der Waals surface area (Å²) in [6.45, 7) is 6.94. The highest BCUT2D eigenvalue weighted by Gasteiger charge is 2.21. The van der Waals surface area contributed by atoms with E-state index in [4.69, 9.17) is 4.42 Å². The molecule has 1 saturated heterocycles. The van der Waals surface area contributed by atoms with E-state index in [9.17, 15) is 9.90 Å². The molecule has 0 bridgehead atoms. The monoisotopic (exact) mass is 288 g/mol. The molecule has 2 atom stereocenters. The van der Waals surface area contributed by atoms with Gasteiger partial charge in [-0.3, -0.25) is 4.90 Å². The van der Waals surface area contributed by atoms with Crippen molar-refractivity contribution in [3.05, 3.63) is 40.2 Å². The predicted octanol–water partition coefficient (Wildman–Crippen LogP) is 1.68. The van der Waals surface area contributed by atoms with Crippen LogP contribution in [0.4, 0.5) is 0 Å². The smallest absolute Gasteiger partial charge is 0.336 e. The number of phenolic OH excluding ortho intramolecular Hbond substituents is 1. The minimum atomic E-state index is -0.376. The molecule has 1 aromatic carbocycles. The van der Waals surface area contributed by atoms with Crippen molar-refractivity contribution >= 4 is 11.0 Å². The number of hydrogen-bond acceptors (Lipinski definition) is 5.